The van der Waals surface area contributed by atoms with Crippen molar-refractivity contribution >= 4 is 17.7 Å². The van der Waals surface area contributed by atoms with Crippen molar-refractivity contribution in [2.24, 2.45) is 5.92 Å². The van der Waals surface area contributed by atoms with Crippen LogP contribution < -0.4 is 16.0 Å². The topological polar surface area (TPSA) is 87.3 Å². The molecule has 21 heavy (non-hydrogen) atoms. The molecule has 0 heterocycles. The lowest BCUT2D eigenvalue weighted by atomic mass is 9.87. The molecule has 0 unspecified atom stereocenters. The van der Waals surface area contributed by atoms with Crippen LogP contribution in [0.15, 0.2) is 0 Å². The summed E-state index contributed by atoms with van der Waals surface area (Å²) in [7, 11) is 1.55. The van der Waals surface area contributed by atoms with Gasteiger partial charge in [0, 0.05) is 26.4 Å². The normalized spacial score (nSPS) is 16.9. The van der Waals surface area contributed by atoms with Crippen LogP contribution in [-0.4, -0.2) is 37.4 Å². The van der Waals surface area contributed by atoms with Crippen LogP contribution in [0.2, 0.25) is 0 Å². The lowest BCUT2D eigenvalue weighted by Gasteiger charge is -2.22. The van der Waals surface area contributed by atoms with E-state index in [2.05, 4.69) is 16.0 Å². The fourth-order valence-corrected chi connectivity index (χ4v) is 2.60. The number of carbonyl (C=O) groups excluding carboxylic acids is 3. The van der Waals surface area contributed by atoms with E-state index >= 15 is 0 Å². The van der Waals surface area contributed by atoms with Crippen LogP contribution in [0.1, 0.15) is 51.9 Å². The summed E-state index contributed by atoms with van der Waals surface area (Å²) >= 11 is 0. The van der Waals surface area contributed by atoms with Gasteiger partial charge in [-0.25, -0.2) is 0 Å². The minimum atomic E-state index is -0.564. The molecule has 6 heteroatoms. The zero-order valence-corrected chi connectivity index (χ0v) is 13.0. The lowest BCUT2D eigenvalue weighted by molar-refractivity contribution is -0.129. The fourth-order valence-electron chi connectivity index (χ4n) is 2.60. The monoisotopic (exact) mass is 297 g/mol. The van der Waals surface area contributed by atoms with Crippen molar-refractivity contribution in [1.29, 1.82) is 0 Å². The summed E-state index contributed by atoms with van der Waals surface area (Å²) < 4.78 is 0. The highest BCUT2D eigenvalue weighted by Crippen LogP contribution is 2.26. The Morgan fingerprint density at radius 1 is 1.10 bits per heavy atom. The molecule has 0 radical (unpaired) electrons. The number of hydrogen-bond donors (Lipinski definition) is 3. The third-order valence-electron chi connectivity index (χ3n) is 3.90. The fraction of sp³-hybridized carbons (Fsp3) is 0.800. The first-order valence-electron chi connectivity index (χ1n) is 7.80. The van der Waals surface area contributed by atoms with Crippen LogP contribution in [0.25, 0.3) is 0 Å². The van der Waals surface area contributed by atoms with E-state index in [1.807, 2.05) is 0 Å². The predicted octanol–water partition coefficient (Wildman–Crippen LogP) is 0.714. The largest absolute Gasteiger partial charge is 0.359 e. The van der Waals surface area contributed by atoms with Gasteiger partial charge in [-0.3, -0.25) is 14.4 Å². The summed E-state index contributed by atoms with van der Waals surface area (Å²) in [6.07, 6.45) is 6.64. The molecule has 120 valence electrons. The van der Waals surface area contributed by atoms with Gasteiger partial charge in [-0.15, -0.1) is 0 Å². The minimum Gasteiger partial charge on any atom is -0.359 e. The maximum Gasteiger partial charge on any atom is 0.242 e. The van der Waals surface area contributed by atoms with Gasteiger partial charge in [-0.1, -0.05) is 19.3 Å². The second-order valence-corrected chi connectivity index (χ2v) is 5.71. The van der Waals surface area contributed by atoms with Gasteiger partial charge in [-0.2, -0.15) is 0 Å². The smallest absolute Gasteiger partial charge is 0.242 e. The molecule has 0 aromatic rings. The van der Waals surface area contributed by atoms with Crippen molar-refractivity contribution in [1.82, 2.24) is 16.0 Å². The maximum atomic E-state index is 11.9. The van der Waals surface area contributed by atoms with Crippen LogP contribution in [0.3, 0.4) is 0 Å². The van der Waals surface area contributed by atoms with Crippen LogP contribution in [0.4, 0.5) is 0 Å². The van der Waals surface area contributed by atoms with Gasteiger partial charge in [0.05, 0.1) is 0 Å². The first kappa shape index (κ1) is 17.5. The number of hydrogen-bond acceptors (Lipinski definition) is 3. The standard InChI is InChI=1S/C15H27N3O3/c1-11(15(21)17-9-8-13(19)16-2)18-14(20)10-12-6-4-3-5-7-12/h11-12H,3-10H2,1-2H3,(H,16,19)(H,17,21)(H,18,20)/t11-/m0/s1. The Labute approximate surface area is 126 Å². The van der Waals surface area contributed by atoms with E-state index in [9.17, 15) is 14.4 Å². The van der Waals surface area contributed by atoms with Gasteiger partial charge in [0.2, 0.25) is 17.7 Å². The molecular formula is C15H27N3O3. The van der Waals surface area contributed by atoms with Crippen molar-refractivity contribution in [2.45, 2.75) is 57.9 Å². The molecule has 1 rings (SSSR count). The SMILES string of the molecule is CNC(=O)CCNC(=O)[C@H](C)NC(=O)CC1CCCCC1. The lowest BCUT2D eigenvalue weighted by Crippen LogP contribution is -2.45. The molecular weight excluding hydrogens is 270 g/mol. The zero-order valence-electron chi connectivity index (χ0n) is 13.0. The third-order valence-corrected chi connectivity index (χ3v) is 3.90. The maximum absolute atomic E-state index is 11.9. The van der Waals surface area contributed by atoms with Gasteiger partial charge in [-0.05, 0) is 25.7 Å². The number of nitrogens with one attached hydrogen (secondary N) is 3. The Morgan fingerprint density at radius 2 is 1.76 bits per heavy atom. The van der Waals surface area contributed by atoms with E-state index in [1.165, 1.54) is 19.3 Å². The van der Waals surface area contributed by atoms with Gasteiger partial charge in [0.15, 0.2) is 0 Å². The Bertz CT molecular complexity index is 365. The third kappa shape index (κ3) is 7.11. The van der Waals surface area contributed by atoms with Gasteiger partial charge in [0.25, 0.3) is 0 Å². The van der Waals surface area contributed by atoms with E-state index in [0.717, 1.165) is 12.8 Å². The average molecular weight is 297 g/mol. The second-order valence-electron chi connectivity index (χ2n) is 5.71. The molecule has 1 atom stereocenters. The molecule has 0 spiro atoms. The van der Waals surface area contributed by atoms with Crippen molar-refractivity contribution in [2.75, 3.05) is 13.6 Å². The van der Waals surface area contributed by atoms with Crippen molar-refractivity contribution < 1.29 is 14.4 Å². The van der Waals surface area contributed by atoms with Crippen LogP contribution in [0.5, 0.6) is 0 Å². The van der Waals surface area contributed by atoms with E-state index in [0.29, 0.717) is 12.3 Å². The van der Waals surface area contributed by atoms with Crippen molar-refractivity contribution in [3.63, 3.8) is 0 Å². The van der Waals surface area contributed by atoms with Gasteiger partial charge in [0.1, 0.15) is 6.04 Å². The van der Waals surface area contributed by atoms with E-state index < -0.39 is 6.04 Å². The summed E-state index contributed by atoms with van der Waals surface area (Å²) in [5.41, 5.74) is 0. The van der Waals surface area contributed by atoms with E-state index in [-0.39, 0.29) is 30.7 Å². The summed E-state index contributed by atoms with van der Waals surface area (Å²) in [6, 6.07) is -0.564. The first-order valence-corrected chi connectivity index (χ1v) is 7.80. The number of carbonyl (C=O) groups is 3. The molecule has 0 saturated heterocycles. The van der Waals surface area contributed by atoms with E-state index in [4.69, 9.17) is 0 Å². The molecule has 3 N–H and O–H groups in total. The molecule has 0 aliphatic heterocycles. The molecule has 1 aliphatic carbocycles. The molecule has 0 aromatic carbocycles. The summed E-state index contributed by atoms with van der Waals surface area (Å²) in [4.78, 5) is 34.7. The zero-order chi connectivity index (χ0) is 15.7. The quantitative estimate of drug-likeness (QED) is 0.647. The highest BCUT2D eigenvalue weighted by atomic mass is 16.2. The molecule has 6 nitrogen and oxygen atoms in total. The van der Waals surface area contributed by atoms with Crippen LogP contribution in [0, 0.1) is 5.92 Å². The Kier molecular flexibility index (Phi) is 7.79. The molecule has 3 amide bonds. The number of rotatable bonds is 7. The van der Waals surface area contributed by atoms with Crippen LogP contribution in [-0.2, 0) is 14.4 Å². The van der Waals surface area contributed by atoms with Crippen LogP contribution >= 0.6 is 0 Å². The minimum absolute atomic E-state index is 0.0594. The van der Waals surface area contributed by atoms with Crippen molar-refractivity contribution in [3.8, 4) is 0 Å². The molecule has 1 aliphatic rings. The average Bonchev–Trinajstić information content (AvgIpc) is 2.47. The Balaban J connectivity index is 2.21. The highest BCUT2D eigenvalue weighted by molar-refractivity contribution is 5.87. The summed E-state index contributed by atoms with van der Waals surface area (Å²) in [5, 5.41) is 7.86. The van der Waals surface area contributed by atoms with E-state index in [1.54, 1.807) is 14.0 Å². The summed E-state index contributed by atoms with van der Waals surface area (Å²) in [6.45, 7) is 1.94. The Morgan fingerprint density at radius 3 is 2.38 bits per heavy atom. The summed E-state index contributed by atoms with van der Waals surface area (Å²) in [5.74, 6) is 0.0262. The molecule has 0 bridgehead atoms. The van der Waals surface area contributed by atoms with Crippen molar-refractivity contribution in [3.05, 3.63) is 0 Å². The molecule has 1 saturated carbocycles. The first-order chi connectivity index (χ1) is 10.0. The van der Waals surface area contributed by atoms with Gasteiger partial charge >= 0.3 is 0 Å². The second kappa shape index (κ2) is 9.37. The molecule has 0 aromatic heterocycles. The predicted molar refractivity (Wildman–Crippen MR) is 80.5 cm³/mol. The number of amides is 3. The Hall–Kier alpha value is -1.59. The highest BCUT2D eigenvalue weighted by Gasteiger charge is 2.20. The van der Waals surface area contributed by atoms with Gasteiger partial charge < -0.3 is 16.0 Å². The molecule has 1 fully saturated rings.